The Kier molecular flexibility index (Phi) is 31.0. The van der Waals surface area contributed by atoms with Gasteiger partial charge in [0.25, 0.3) is 0 Å². The number of ether oxygens (including phenoxy) is 2. The van der Waals surface area contributed by atoms with Gasteiger partial charge in [0.05, 0.1) is 11.8 Å². The summed E-state index contributed by atoms with van der Waals surface area (Å²) >= 11 is 0. The molecule has 0 aromatic rings. The maximum Gasteiger partial charge on any atom is 0.309 e. The third-order valence-corrected chi connectivity index (χ3v) is 8.42. The van der Waals surface area contributed by atoms with Gasteiger partial charge in [-0.25, -0.2) is 0 Å². The van der Waals surface area contributed by atoms with Crippen LogP contribution in [0.1, 0.15) is 182 Å². The highest BCUT2D eigenvalue weighted by atomic mass is 16.5. The monoisotopic (exact) mass is 583 g/mol. The highest BCUT2D eigenvalue weighted by Crippen LogP contribution is 2.21. The maximum absolute atomic E-state index is 12.8. The van der Waals surface area contributed by atoms with E-state index in [-0.39, 0.29) is 23.8 Å². The Morgan fingerprint density at radius 2 is 0.707 bits per heavy atom. The summed E-state index contributed by atoms with van der Waals surface area (Å²) in [5.74, 6) is 0.103. The van der Waals surface area contributed by atoms with E-state index in [0.29, 0.717) is 13.2 Å². The third-order valence-electron chi connectivity index (χ3n) is 8.42. The zero-order chi connectivity index (χ0) is 30.2. The van der Waals surface area contributed by atoms with Crippen LogP contribution in [0.3, 0.4) is 0 Å². The second-order valence-electron chi connectivity index (χ2n) is 12.4. The summed E-state index contributed by atoms with van der Waals surface area (Å²) in [7, 11) is 0. The summed E-state index contributed by atoms with van der Waals surface area (Å²) in [6, 6.07) is 0. The van der Waals surface area contributed by atoms with Crippen LogP contribution in [0.25, 0.3) is 0 Å². The van der Waals surface area contributed by atoms with Crippen molar-refractivity contribution in [2.75, 3.05) is 26.3 Å². The van der Waals surface area contributed by atoms with E-state index < -0.39 is 0 Å². The first kappa shape index (κ1) is 39.9. The average Bonchev–Trinajstić information content (AvgIpc) is 2.97. The number of carbonyl (C=O) groups excluding carboxylic acids is 2. The van der Waals surface area contributed by atoms with Crippen LogP contribution in [-0.2, 0) is 19.1 Å². The molecular weight excluding hydrogens is 510 g/mol. The van der Waals surface area contributed by atoms with Gasteiger partial charge in [-0.1, -0.05) is 156 Å². The molecule has 2 atom stereocenters. The first-order chi connectivity index (χ1) is 20.1. The van der Waals surface area contributed by atoms with Gasteiger partial charge < -0.3 is 14.8 Å². The number of carbonyl (C=O) groups is 2. The van der Waals surface area contributed by atoms with E-state index in [1.165, 1.54) is 103 Å². The highest BCUT2D eigenvalue weighted by molar-refractivity contribution is 5.72. The second kappa shape index (κ2) is 31.8. The lowest BCUT2D eigenvalue weighted by molar-refractivity contribution is -0.656. The summed E-state index contributed by atoms with van der Waals surface area (Å²) in [6.45, 7) is 11.3. The molecule has 2 unspecified atom stereocenters. The Balaban J connectivity index is 4.26. The zero-order valence-corrected chi connectivity index (χ0v) is 28.2. The van der Waals surface area contributed by atoms with Gasteiger partial charge in [0.1, 0.15) is 26.3 Å². The van der Waals surface area contributed by atoms with Gasteiger partial charge in [0.2, 0.25) is 0 Å². The SMILES string of the molecule is CCCCCCCCC(CCCCCC)C(=O)OCC[NH2+]CCOC(=O)C(CCCCCC)CCCCCCCC. The van der Waals surface area contributed by atoms with Crippen molar-refractivity contribution in [2.24, 2.45) is 11.8 Å². The molecule has 0 amide bonds. The lowest BCUT2D eigenvalue weighted by Crippen LogP contribution is -2.86. The summed E-state index contributed by atoms with van der Waals surface area (Å²) in [6.07, 6.45) is 28.5. The normalized spacial score (nSPS) is 12.8. The van der Waals surface area contributed by atoms with Crippen LogP contribution in [0.2, 0.25) is 0 Å². The van der Waals surface area contributed by atoms with E-state index >= 15 is 0 Å². The maximum atomic E-state index is 12.8. The Bertz CT molecular complexity index is 520. The van der Waals surface area contributed by atoms with Crippen LogP contribution < -0.4 is 5.32 Å². The van der Waals surface area contributed by atoms with Crippen LogP contribution in [0, 0.1) is 11.8 Å². The summed E-state index contributed by atoms with van der Waals surface area (Å²) in [5.41, 5.74) is 0. The van der Waals surface area contributed by atoms with Gasteiger partial charge in [0, 0.05) is 0 Å². The van der Waals surface area contributed by atoms with Gasteiger partial charge in [-0.15, -0.1) is 0 Å². The van der Waals surface area contributed by atoms with Crippen LogP contribution in [-0.4, -0.2) is 38.2 Å². The van der Waals surface area contributed by atoms with Crippen LogP contribution in [0.15, 0.2) is 0 Å². The third kappa shape index (κ3) is 26.3. The molecule has 0 aromatic carbocycles. The van der Waals surface area contributed by atoms with Gasteiger partial charge >= 0.3 is 11.9 Å². The van der Waals surface area contributed by atoms with Crippen molar-refractivity contribution in [3.8, 4) is 0 Å². The van der Waals surface area contributed by atoms with Gasteiger partial charge in [-0.05, 0) is 25.7 Å². The molecule has 0 rings (SSSR count). The van der Waals surface area contributed by atoms with Crippen molar-refractivity contribution in [3.05, 3.63) is 0 Å². The van der Waals surface area contributed by atoms with E-state index in [1.54, 1.807) is 0 Å². The molecule has 2 N–H and O–H groups in total. The van der Waals surface area contributed by atoms with E-state index in [4.69, 9.17) is 9.47 Å². The van der Waals surface area contributed by atoms with Gasteiger partial charge in [0.15, 0.2) is 0 Å². The number of nitrogens with two attached hydrogens (primary N) is 1. The number of rotatable bonds is 32. The van der Waals surface area contributed by atoms with Crippen molar-refractivity contribution >= 4 is 11.9 Å². The lowest BCUT2D eigenvalue weighted by atomic mass is 9.94. The molecule has 0 spiro atoms. The fourth-order valence-electron chi connectivity index (χ4n) is 5.60. The fourth-order valence-corrected chi connectivity index (χ4v) is 5.60. The summed E-state index contributed by atoms with van der Waals surface area (Å²) in [5, 5.41) is 2.11. The molecule has 0 saturated carbocycles. The molecule has 0 aliphatic carbocycles. The van der Waals surface area contributed by atoms with Crippen molar-refractivity contribution in [1.29, 1.82) is 0 Å². The molecule has 244 valence electrons. The largest absolute Gasteiger partial charge is 0.459 e. The number of hydrogen-bond donors (Lipinski definition) is 1. The molecule has 0 aliphatic heterocycles. The van der Waals surface area contributed by atoms with E-state index in [9.17, 15) is 9.59 Å². The molecule has 0 radical (unpaired) electrons. The fraction of sp³-hybridized carbons (Fsp3) is 0.944. The smallest absolute Gasteiger partial charge is 0.309 e. The highest BCUT2D eigenvalue weighted by Gasteiger charge is 2.21. The first-order valence-corrected chi connectivity index (χ1v) is 18.2. The van der Waals surface area contributed by atoms with Crippen molar-refractivity contribution in [2.45, 2.75) is 182 Å². The first-order valence-electron chi connectivity index (χ1n) is 18.2. The second-order valence-corrected chi connectivity index (χ2v) is 12.4. The Morgan fingerprint density at radius 1 is 0.439 bits per heavy atom. The van der Waals surface area contributed by atoms with Gasteiger partial charge in [-0.2, -0.15) is 0 Å². The number of quaternary nitrogens is 1. The predicted molar refractivity (Wildman–Crippen MR) is 174 cm³/mol. The molecule has 0 heterocycles. The van der Waals surface area contributed by atoms with E-state index in [0.717, 1.165) is 64.5 Å². The molecular formula is C36H72NO4+. The molecule has 5 heteroatoms. The summed E-state index contributed by atoms with van der Waals surface area (Å²) in [4.78, 5) is 25.6. The van der Waals surface area contributed by atoms with Crippen molar-refractivity contribution in [1.82, 2.24) is 0 Å². The molecule has 0 saturated heterocycles. The van der Waals surface area contributed by atoms with Crippen LogP contribution >= 0.6 is 0 Å². The van der Waals surface area contributed by atoms with E-state index in [2.05, 4.69) is 33.0 Å². The van der Waals surface area contributed by atoms with Crippen molar-refractivity contribution in [3.63, 3.8) is 0 Å². The number of hydrogen-bond acceptors (Lipinski definition) is 4. The molecule has 41 heavy (non-hydrogen) atoms. The van der Waals surface area contributed by atoms with Gasteiger partial charge in [-0.3, -0.25) is 9.59 Å². The molecule has 0 bridgehead atoms. The van der Waals surface area contributed by atoms with Crippen LogP contribution in [0.5, 0.6) is 0 Å². The lowest BCUT2D eigenvalue weighted by Gasteiger charge is -2.16. The quantitative estimate of drug-likeness (QED) is 0.0634. The molecule has 0 aromatic heterocycles. The number of esters is 2. The Labute approximate surface area is 256 Å². The topological polar surface area (TPSA) is 69.2 Å². The van der Waals surface area contributed by atoms with Crippen molar-refractivity contribution < 1.29 is 24.4 Å². The molecule has 0 fully saturated rings. The average molecular weight is 583 g/mol. The Hall–Kier alpha value is -1.10. The zero-order valence-electron chi connectivity index (χ0n) is 28.2. The minimum absolute atomic E-state index is 0.00417. The minimum Gasteiger partial charge on any atom is -0.459 e. The predicted octanol–water partition coefficient (Wildman–Crippen LogP) is 9.31. The number of unbranched alkanes of at least 4 members (excludes halogenated alkanes) is 16. The molecule has 0 aliphatic rings. The summed E-state index contributed by atoms with van der Waals surface area (Å²) < 4.78 is 11.4. The molecule has 5 nitrogen and oxygen atoms in total. The van der Waals surface area contributed by atoms with E-state index in [1.807, 2.05) is 0 Å². The van der Waals surface area contributed by atoms with Crippen LogP contribution in [0.4, 0.5) is 0 Å². The Morgan fingerprint density at radius 3 is 1.02 bits per heavy atom. The standard InChI is InChI=1S/C36H71NO4/c1-5-9-13-17-19-23-27-33(25-21-15-11-7-3)35(38)40-31-29-37-30-32-41-36(39)34(26-22-16-12-8-4)28-24-20-18-14-10-6-2/h33-34,37H,5-32H2,1-4H3/p+1. The minimum atomic E-state index is -0.00417.